The number of likely N-dealkylation sites (tertiary alicyclic amines) is 1. The van der Waals surface area contributed by atoms with Crippen LogP contribution in [0.3, 0.4) is 0 Å². The number of hydrogen-bond donors (Lipinski definition) is 5. The fraction of sp³-hybridized carbons (Fsp3) is 0.424. The van der Waals surface area contributed by atoms with Gasteiger partial charge in [-0.15, -0.1) is 23.1 Å². The van der Waals surface area contributed by atoms with Crippen molar-refractivity contribution >= 4 is 68.6 Å². The molecule has 0 bridgehead atoms. The number of rotatable bonds is 11. The number of anilines is 1. The maximum Gasteiger partial charge on any atom is 0.350 e. The number of nitrogens with two attached hydrogens (primary N) is 1. The number of carbonyl (C=O) groups excluding carboxylic acids is 3. The number of quaternary nitrogens is 1. The molecule has 6 rings (SSSR count). The molecule has 3 aromatic rings. The van der Waals surface area contributed by atoms with Crippen molar-refractivity contribution in [1.82, 2.24) is 19.8 Å². The third-order valence-corrected chi connectivity index (χ3v) is 11.8. The van der Waals surface area contributed by atoms with Crippen LogP contribution >= 0.6 is 23.1 Å². The first-order chi connectivity index (χ1) is 24.4. The number of nitrogens with zero attached hydrogens (tertiary/aromatic N) is 5. The number of carboxylic acids is 2. The van der Waals surface area contributed by atoms with Crippen LogP contribution in [0.5, 0.6) is 11.5 Å². The number of thioether (sulfide) groups is 1. The zero-order valence-corrected chi connectivity index (χ0v) is 30.2. The molecule has 17 nitrogen and oxygen atoms in total. The molecule has 6 N–H and O–H groups in total. The first kappa shape index (κ1) is 36.6. The smallest absolute Gasteiger partial charge is 0.350 e. The van der Waals surface area contributed by atoms with Gasteiger partial charge in [0.05, 0.1) is 41.2 Å². The number of nitrogen functional groups attached to an aromatic ring is 1. The highest BCUT2D eigenvalue weighted by atomic mass is 32.2. The summed E-state index contributed by atoms with van der Waals surface area (Å²) in [5.74, 6) is -5.27. The van der Waals surface area contributed by atoms with E-state index in [4.69, 9.17) is 10.6 Å². The lowest BCUT2D eigenvalue weighted by molar-refractivity contribution is -0.925. The van der Waals surface area contributed by atoms with Gasteiger partial charge in [0, 0.05) is 48.4 Å². The third kappa shape index (κ3) is 6.54. The van der Waals surface area contributed by atoms with Crippen LogP contribution in [0.4, 0.5) is 5.13 Å². The van der Waals surface area contributed by atoms with Gasteiger partial charge in [0.2, 0.25) is 5.60 Å². The number of aliphatic carboxylic acids is 2. The van der Waals surface area contributed by atoms with Crippen LogP contribution in [-0.2, 0) is 37.6 Å². The van der Waals surface area contributed by atoms with Crippen LogP contribution in [0.2, 0.25) is 0 Å². The average molecular weight is 756 g/mol. The zero-order valence-electron chi connectivity index (χ0n) is 28.6. The first-order valence-corrected chi connectivity index (χ1v) is 18.1. The topological polar surface area (TPSA) is 250 Å². The van der Waals surface area contributed by atoms with Crippen LogP contribution in [0.25, 0.3) is 10.9 Å². The molecule has 2 aromatic heterocycles. The van der Waals surface area contributed by atoms with Gasteiger partial charge in [0.1, 0.15) is 30.2 Å². The molecule has 1 aromatic carbocycles. The maximum absolute atomic E-state index is 13.7. The second-order valence-corrected chi connectivity index (χ2v) is 16.0. The van der Waals surface area contributed by atoms with E-state index in [9.17, 15) is 44.4 Å². The number of benzene rings is 1. The van der Waals surface area contributed by atoms with Gasteiger partial charge < -0.3 is 50.2 Å². The Morgan fingerprint density at radius 1 is 1.17 bits per heavy atom. The molecule has 2 fully saturated rings. The number of phenols is 2. The number of thiazole rings is 1. The fourth-order valence-corrected chi connectivity index (χ4v) is 8.83. The quantitative estimate of drug-likeness (QED) is 0.0577. The number of carboxylic acid groups (broad SMARTS) is 2. The highest BCUT2D eigenvalue weighted by Crippen LogP contribution is 2.45. The molecule has 0 unspecified atom stereocenters. The van der Waals surface area contributed by atoms with Crippen LogP contribution in [0, 0.1) is 0 Å². The highest BCUT2D eigenvalue weighted by molar-refractivity contribution is 8.00. The Hall–Kier alpha value is -5.14. The largest absolute Gasteiger partial charge is 0.543 e. The zero-order chi connectivity index (χ0) is 37.9. The van der Waals surface area contributed by atoms with E-state index in [1.54, 1.807) is 17.8 Å². The van der Waals surface area contributed by atoms with E-state index < -0.39 is 57.5 Å². The summed E-state index contributed by atoms with van der Waals surface area (Å²) in [4.78, 5) is 75.5. The Labute approximate surface area is 304 Å². The maximum atomic E-state index is 13.7. The van der Waals surface area contributed by atoms with Gasteiger partial charge in [0.25, 0.3) is 11.8 Å². The molecular formula is C33H37N7O10S2. The molecule has 2 saturated heterocycles. The minimum atomic E-state index is -1.81. The Balaban J connectivity index is 1.28. The minimum Gasteiger partial charge on any atom is -0.543 e. The summed E-state index contributed by atoms with van der Waals surface area (Å²) in [7, 11) is 1.72. The van der Waals surface area contributed by atoms with E-state index >= 15 is 0 Å². The van der Waals surface area contributed by atoms with Gasteiger partial charge in [0.15, 0.2) is 27.8 Å². The molecule has 19 heteroatoms. The van der Waals surface area contributed by atoms with E-state index in [0.29, 0.717) is 34.2 Å². The third-order valence-electron chi connectivity index (χ3n) is 9.65. The number of aromatic hydroxyl groups is 2. The van der Waals surface area contributed by atoms with E-state index in [2.05, 4.69) is 15.5 Å². The summed E-state index contributed by atoms with van der Waals surface area (Å²) in [6, 6.07) is 1.38. The van der Waals surface area contributed by atoms with Crippen LogP contribution in [0.15, 0.2) is 44.9 Å². The van der Waals surface area contributed by atoms with E-state index in [1.165, 1.54) is 43.1 Å². The van der Waals surface area contributed by atoms with Crippen molar-refractivity contribution in [3.05, 3.63) is 56.5 Å². The highest BCUT2D eigenvalue weighted by Gasteiger charge is 2.55. The van der Waals surface area contributed by atoms with E-state index in [0.717, 1.165) is 29.1 Å². The van der Waals surface area contributed by atoms with Crippen LogP contribution in [0.1, 0.15) is 44.9 Å². The summed E-state index contributed by atoms with van der Waals surface area (Å²) >= 11 is 2.29. The number of phenolic OH excluding ortho intramolecular Hbond substituents is 2. The van der Waals surface area contributed by atoms with Crippen molar-refractivity contribution < 1.29 is 48.9 Å². The normalized spacial score (nSPS) is 21.5. The number of pyridine rings is 1. The Bertz CT molecular complexity index is 2140. The average Bonchev–Trinajstić information content (AvgIpc) is 3.72. The van der Waals surface area contributed by atoms with Gasteiger partial charge in [-0.1, -0.05) is 5.16 Å². The lowest BCUT2D eigenvalue weighted by atomic mass is 9.99. The van der Waals surface area contributed by atoms with E-state index in [1.807, 2.05) is 6.92 Å². The Kier molecular flexibility index (Phi) is 9.47. The number of nitrogens with one attached hydrogen (secondary N) is 1. The second-order valence-electron chi connectivity index (χ2n) is 13.7. The minimum absolute atomic E-state index is 0.0112. The molecule has 0 saturated carbocycles. The molecule has 5 heterocycles. The summed E-state index contributed by atoms with van der Waals surface area (Å²) in [6.07, 6.45) is 3.35. The van der Waals surface area contributed by atoms with Gasteiger partial charge in [-0.3, -0.25) is 19.3 Å². The molecule has 3 aliphatic heterocycles. The standard InChI is InChI=1S/C33H37N7O10S2/c1-15-18(13-40(7-5-6-8-40)12-16-11-38(4)20-10-22(42)21(41)9-17(20)26(16)43)25(30(46)47)39-28(45)24(29(39)52-15)36-27(44)23(19-14-51-32(34)35-19)37-50-33(2,3)31(48)49/h9-11,14-15,24,29H,5-8,12-13H2,1-4H3,(H6-,34,35,36,37,41,42,43,44,46,47,48,49)/t15-,24+,29+/m0/s1. The predicted molar refractivity (Wildman–Crippen MR) is 188 cm³/mol. The number of oxime groups is 1. The monoisotopic (exact) mass is 755 g/mol. The molecule has 3 atom stereocenters. The van der Waals surface area contributed by atoms with E-state index in [-0.39, 0.29) is 46.2 Å². The molecule has 0 aliphatic carbocycles. The molecule has 0 radical (unpaired) electrons. The van der Waals surface area contributed by atoms with Gasteiger partial charge >= 0.3 is 5.97 Å². The van der Waals surface area contributed by atoms with Gasteiger partial charge in [-0.05, 0) is 26.8 Å². The molecular weight excluding hydrogens is 719 g/mol. The first-order valence-electron chi connectivity index (χ1n) is 16.3. The Morgan fingerprint density at radius 3 is 2.46 bits per heavy atom. The van der Waals surface area contributed by atoms with Crippen molar-refractivity contribution in [2.24, 2.45) is 12.2 Å². The summed E-state index contributed by atoms with van der Waals surface area (Å²) in [6.45, 7) is 6.03. The second kappa shape index (κ2) is 13.4. The number of aryl methyl sites for hydroxylation is 1. The SMILES string of the molecule is C[C@@H]1S[C@@H]2[C@H](NC(=O)/C(=N\OC(C)(C)C(=O)O)c3csc(N)n3)C(=O)N2C(C(=O)[O-])=C1C[N+]1(Cc2cn(C)c3cc(O)c(O)cc3c2=O)CCCC1. The molecule has 3 aliphatic rings. The van der Waals surface area contributed by atoms with Crippen molar-refractivity contribution in [2.45, 2.75) is 62.4 Å². The number of carbonyl (C=O) groups is 4. The molecule has 52 heavy (non-hydrogen) atoms. The number of β-lactam (4-membered cyclic amide) rings is 1. The lowest BCUT2D eigenvalue weighted by Crippen LogP contribution is -2.72. The van der Waals surface area contributed by atoms with Gasteiger partial charge in [-0.25, -0.2) is 9.78 Å². The Morgan fingerprint density at radius 2 is 1.85 bits per heavy atom. The van der Waals surface area contributed by atoms with Crippen molar-refractivity contribution in [3.8, 4) is 11.5 Å². The van der Waals surface area contributed by atoms with Crippen molar-refractivity contribution in [2.75, 3.05) is 25.4 Å². The number of fused-ring (bicyclic) bond motifs is 2. The summed E-state index contributed by atoms with van der Waals surface area (Å²) in [5.41, 5.74) is 4.25. The van der Waals surface area contributed by atoms with Crippen LogP contribution < -0.4 is 21.6 Å². The van der Waals surface area contributed by atoms with Gasteiger partial charge in [-0.2, -0.15) is 0 Å². The lowest BCUT2D eigenvalue weighted by Gasteiger charge is -2.53. The molecule has 0 spiro atoms. The predicted octanol–water partition coefficient (Wildman–Crippen LogP) is 0.176. The number of aromatic nitrogens is 2. The van der Waals surface area contributed by atoms with Crippen molar-refractivity contribution in [1.29, 1.82) is 0 Å². The van der Waals surface area contributed by atoms with Crippen LogP contribution in [-0.4, -0.2) is 106 Å². The number of hydrogen-bond acceptors (Lipinski definition) is 14. The number of amides is 2. The molecule has 276 valence electrons. The summed E-state index contributed by atoms with van der Waals surface area (Å²) < 4.78 is 2.04. The summed E-state index contributed by atoms with van der Waals surface area (Å²) in [5, 5.41) is 49.2. The molecule has 2 amide bonds. The van der Waals surface area contributed by atoms with Crippen molar-refractivity contribution in [3.63, 3.8) is 0 Å². The fourth-order valence-electron chi connectivity index (χ4n) is 6.84.